The molecule has 0 atom stereocenters. The van der Waals surface area contributed by atoms with Crippen LogP contribution in [0.5, 0.6) is 0 Å². The standard InChI is InChI=1S/C15H19BrF2N2O2/c1-15(17,18)10-19(12-5-3-2-4-6-12)13-8-7-11(16)9-14(13)20(21)22/h7-9,12H,2-6,10H2,1H3. The van der Waals surface area contributed by atoms with Gasteiger partial charge in [0.15, 0.2) is 0 Å². The van der Waals surface area contributed by atoms with Gasteiger partial charge in [-0.1, -0.05) is 35.2 Å². The highest BCUT2D eigenvalue weighted by atomic mass is 79.9. The molecular weight excluding hydrogens is 358 g/mol. The fourth-order valence-electron chi connectivity index (χ4n) is 2.99. The van der Waals surface area contributed by atoms with Gasteiger partial charge in [0.05, 0.1) is 11.5 Å². The van der Waals surface area contributed by atoms with Crippen LogP contribution < -0.4 is 4.90 Å². The van der Waals surface area contributed by atoms with Crippen LogP contribution >= 0.6 is 15.9 Å². The van der Waals surface area contributed by atoms with Crippen LogP contribution in [0.15, 0.2) is 22.7 Å². The second-order valence-corrected chi connectivity index (χ2v) is 6.80. The van der Waals surface area contributed by atoms with E-state index in [1.165, 1.54) is 11.0 Å². The van der Waals surface area contributed by atoms with Crippen LogP contribution in [-0.2, 0) is 0 Å². The molecule has 0 N–H and O–H groups in total. The summed E-state index contributed by atoms with van der Waals surface area (Å²) < 4.78 is 27.8. The van der Waals surface area contributed by atoms with Crippen LogP contribution in [0, 0.1) is 10.1 Å². The second-order valence-electron chi connectivity index (χ2n) is 5.88. The molecule has 1 aromatic rings. The molecule has 1 fully saturated rings. The van der Waals surface area contributed by atoms with E-state index in [0.717, 1.165) is 39.0 Å². The smallest absolute Gasteiger partial charge is 0.293 e. The predicted molar refractivity (Wildman–Crippen MR) is 85.6 cm³/mol. The highest BCUT2D eigenvalue weighted by molar-refractivity contribution is 9.10. The van der Waals surface area contributed by atoms with Crippen molar-refractivity contribution in [1.82, 2.24) is 0 Å². The van der Waals surface area contributed by atoms with Gasteiger partial charge in [-0.3, -0.25) is 10.1 Å². The Morgan fingerprint density at radius 3 is 2.55 bits per heavy atom. The van der Waals surface area contributed by atoms with Crippen LogP contribution in [0.3, 0.4) is 0 Å². The Morgan fingerprint density at radius 1 is 1.36 bits per heavy atom. The number of benzene rings is 1. The SMILES string of the molecule is CC(F)(F)CN(c1ccc(Br)cc1[N+](=O)[O-])C1CCCCC1. The highest BCUT2D eigenvalue weighted by Gasteiger charge is 2.33. The van der Waals surface area contributed by atoms with Crippen molar-refractivity contribution in [3.63, 3.8) is 0 Å². The van der Waals surface area contributed by atoms with E-state index in [9.17, 15) is 18.9 Å². The summed E-state index contributed by atoms with van der Waals surface area (Å²) in [6, 6.07) is 4.52. The molecule has 0 unspecified atom stereocenters. The Kier molecular flexibility index (Phi) is 5.36. The number of hydrogen-bond donors (Lipinski definition) is 0. The van der Waals surface area contributed by atoms with Crippen molar-refractivity contribution < 1.29 is 13.7 Å². The highest BCUT2D eigenvalue weighted by Crippen LogP contribution is 2.37. The summed E-state index contributed by atoms with van der Waals surface area (Å²) in [6.07, 6.45) is 4.63. The zero-order valence-electron chi connectivity index (χ0n) is 12.4. The first-order valence-electron chi connectivity index (χ1n) is 7.36. The number of nitrogens with zero attached hydrogens (tertiary/aromatic N) is 2. The van der Waals surface area contributed by atoms with Gasteiger partial charge in [0.2, 0.25) is 0 Å². The topological polar surface area (TPSA) is 46.4 Å². The lowest BCUT2D eigenvalue weighted by Crippen LogP contribution is -2.43. The largest absolute Gasteiger partial charge is 0.357 e. The average molecular weight is 377 g/mol. The molecule has 1 aliphatic rings. The Hall–Kier alpha value is -1.24. The summed E-state index contributed by atoms with van der Waals surface area (Å²) >= 11 is 3.20. The fraction of sp³-hybridized carbons (Fsp3) is 0.600. The summed E-state index contributed by atoms with van der Waals surface area (Å²) in [4.78, 5) is 12.3. The monoisotopic (exact) mass is 376 g/mol. The van der Waals surface area contributed by atoms with Crippen molar-refractivity contribution in [1.29, 1.82) is 0 Å². The van der Waals surface area contributed by atoms with E-state index in [1.807, 2.05) is 0 Å². The number of nitro groups is 1. The normalized spacial score (nSPS) is 16.5. The molecule has 0 radical (unpaired) electrons. The Bertz CT molecular complexity index is 543. The number of anilines is 1. The molecule has 2 rings (SSSR count). The van der Waals surface area contributed by atoms with E-state index in [2.05, 4.69) is 15.9 Å². The molecular formula is C15H19BrF2N2O2. The van der Waals surface area contributed by atoms with Gasteiger partial charge in [0.25, 0.3) is 11.6 Å². The summed E-state index contributed by atoms with van der Waals surface area (Å²) in [5, 5.41) is 11.3. The molecule has 0 bridgehead atoms. The third kappa shape index (κ3) is 4.38. The van der Waals surface area contributed by atoms with Gasteiger partial charge in [-0.2, -0.15) is 0 Å². The summed E-state index contributed by atoms with van der Waals surface area (Å²) in [5.74, 6) is -2.90. The third-order valence-corrected chi connectivity index (χ3v) is 4.40. The minimum absolute atomic E-state index is 0.0700. The van der Waals surface area contributed by atoms with E-state index in [0.29, 0.717) is 4.47 Å². The van der Waals surface area contributed by atoms with E-state index in [4.69, 9.17) is 0 Å². The summed E-state index contributed by atoms with van der Waals surface area (Å²) in [7, 11) is 0. The van der Waals surface area contributed by atoms with E-state index in [1.54, 1.807) is 12.1 Å². The maximum Gasteiger partial charge on any atom is 0.293 e. The molecule has 0 saturated heterocycles. The van der Waals surface area contributed by atoms with Crippen molar-refractivity contribution in [3.05, 3.63) is 32.8 Å². The summed E-state index contributed by atoms with van der Waals surface area (Å²) in [5.41, 5.74) is 0.144. The number of rotatable bonds is 5. The molecule has 1 saturated carbocycles. The van der Waals surface area contributed by atoms with Gasteiger partial charge in [-0.05, 0) is 25.0 Å². The molecule has 4 nitrogen and oxygen atoms in total. The maximum absolute atomic E-state index is 13.6. The first-order valence-corrected chi connectivity index (χ1v) is 8.15. The lowest BCUT2D eigenvalue weighted by atomic mass is 9.93. The number of alkyl halides is 2. The van der Waals surface area contributed by atoms with Crippen LogP contribution in [0.1, 0.15) is 39.0 Å². The average Bonchev–Trinajstić information content (AvgIpc) is 2.45. The lowest BCUT2D eigenvalue weighted by molar-refractivity contribution is -0.384. The van der Waals surface area contributed by atoms with Crippen LogP contribution in [0.2, 0.25) is 0 Å². The molecule has 0 heterocycles. The number of hydrogen-bond acceptors (Lipinski definition) is 3. The Morgan fingerprint density at radius 2 is 2.00 bits per heavy atom. The molecule has 1 aliphatic carbocycles. The zero-order valence-corrected chi connectivity index (χ0v) is 14.0. The van der Waals surface area contributed by atoms with Crippen LogP contribution in [0.4, 0.5) is 20.2 Å². The molecule has 7 heteroatoms. The number of halogens is 3. The Balaban J connectivity index is 2.41. The summed E-state index contributed by atoms with van der Waals surface area (Å²) in [6.45, 7) is 0.355. The Labute approximate surface area is 136 Å². The van der Waals surface area contributed by atoms with Crippen molar-refractivity contribution >= 4 is 27.3 Å². The van der Waals surface area contributed by atoms with E-state index >= 15 is 0 Å². The van der Waals surface area contributed by atoms with Gasteiger partial charge in [0.1, 0.15) is 5.69 Å². The fourth-order valence-corrected chi connectivity index (χ4v) is 3.34. The predicted octanol–water partition coefficient (Wildman–Crippen LogP) is 5.15. The minimum atomic E-state index is -2.90. The minimum Gasteiger partial charge on any atom is -0.357 e. The number of nitro benzene ring substituents is 1. The molecule has 0 spiro atoms. The third-order valence-electron chi connectivity index (χ3n) is 3.91. The van der Waals surface area contributed by atoms with E-state index in [-0.39, 0.29) is 17.4 Å². The molecule has 0 aromatic heterocycles. The van der Waals surface area contributed by atoms with Crippen molar-refractivity contribution in [2.75, 3.05) is 11.4 Å². The van der Waals surface area contributed by atoms with Crippen molar-refractivity contribution in [2.24, 2.45) is 0 Å². The molecule has 0 aliphatic heterocycles. The van der Waals surface area contributed by atoms with Gasteiger partial charge in [0, 0.05) is 23.5 Å². The van der Waals surface area contributed by atoms with Crippen molar-refractivity contribution in [2.45, 2.75) is 51.0 Å². The van der Waals surface area contributed by atoms with E-state index < -0.39 is 17.4 Å². The quantitative estimate of drug-likeness (QED) is 0.527. The first-order chi connectivity index (χ1) is 10.3. The molecule has 122 valence electrons. The zero-order chi connectivity index (χ0) is 16.3. The maximum atomic E-state index is 13.6. The van der Waals surface area contributed by atoms with Gasteiger partial charge in [-0.15, -0.1) is 0 Å². The van der Waals surface area contributed by atoms with Gasteiger partial charge >= 0.3 is 0 Å². The van der Waals surface area contributed by atoms with Crippen LogP contribution in [0.25, 0.3) is 0 Å². The lowest BCUT2D eigenvalue weighted by Gasteiger charge is -2.37. The molecule has 22 heavy (non-hydrogen) atoms. The van der Waals surface area contributed by atoms with Gasteiger partial charge < -0.3 is 4.90 Å². The molecule has 0 amide bonds. The van der Waals surface area contributed by atoms with Crippen LogP contribution in [-0.4, -0.2) is 23.4 Å². The van der Waals surface area contributed by atoms with Crippen molar-refractivity contribution in [3.8, 4) is 0 Å². The first kappa shape index (κ1) is 17.1. The molecule has 1 aromatic carbocycles. The second kappa shape index (κ2) is 6.89. The van der Waals surface area contributed by atoms with Gasteiger partial charge in [-0.25, -0.2) is 8.78 Å².